The molecule has 1 atom stereocenters. The molecule has 0 saturated carbocycles. The molecule has 3 aromatic rings. The van der Waals surface area contributed by atoms with Crippen LogP contribution in [0.15, 0.2) is 54.9 Å². The van der Waals surface area contributed by atoms with Crippen LogP contribution in [0.4, 0.5) is 0 Å². The summed E-state index contributed by atoms with van der Waals surface area (Å²) in [7, 11) is 0. The van der Waals surface area contributed by atoms with Crippen LogP contribution in [0.5, 0.6) is 5.75 Å². The number of imidazole rings is 1. The number of nitrogens with zero attached hydrogens (tertiary/aromatic N) is 1. The van der Waals surface area contributed by atoms with Gasteiger partial charge in [-0.2, -0.15) is 11.8 Å². The zero-order valence-electron chi connectivity index (χ0n) is 18.3. The lowest BCUT2D eigenvalue weighted by Crippen LogP contribution is -2.17. The Kier molecular flexibility index (Phi) is 7.13. The normalized spacial score (nSPS) is 14.5. The second-order valence-corrected chi connectivity index (χ2v) is 9.54. The van der Waals surface area contributed by atoms with E-state index in [1.807, 2.05) is 48.3 Å². The molecule has 4 rings (SSSR count). The Morgan fingerprint density at radius 3 is 2.71 bits per heavy atom. The molecule has 0 aliphatic heterocycles. The minimum absolute atomic E-state index is 0.154. The number of Topliss-reactive ketones (excluding diaryl/α,β-unsaturated/α-hetero) is 1. The summed E-state index contributed by atoms with van der Waals surface area (Å²) in [6.07, 6.45) is 6.64. The Bertz CT molecular complexity index is 1000. The van der Waals surface area contributed by atoms with Gasteiger partial charge in [0.25, 0.3) is 0 Å². The third-order valence-electron chi connectivity index (χ3n) is 5.59. The summed E-state index contributed by atoms with van der Waals surface area (Å²) in [6.45, 7) is 4.48. The van der Waals surface area contributed by atoms with Crippen LogP contribution in [-0.2, 0) is 18.6 Å². The molecule has 2 aromatic carbocycles. The van der Waals surface area contributed by atoms with Gasteiger partial charge in [-0.3, -0.25) is 4.79 Å². The fourth-order valence-corrected chi connectivity index (χ4v) is 5.19. The summed E-state index contributed by atoms with van der Waals surface area (Å²) in [5, 5.41) is 0. The molecule has 31 heavy (non-hydrogen) atoms. The molecule has 0 fully saturated rings. The van der Waals surface area contributed by atoms with Crippen LogP contribution < -0.4 is 4.74 Å². The van der Waals surface area contributed by atoms with E-state index in [0.717, 1.165) is 47.0 Å². The van der Waals surface area contributed by atoms with Gasteiger partial charge >= 0.3 is 0 Å². The van der Waals surface area contributed by atoms with Crippen molar-refractivity contribution in [3.63, 3.8) is 0 Å². The number of aromatic nitrogens is 2. The molecule has 0 unspecified atom stereocenters. The van der Waals surface area contributed by atoms with E-state index < -0.39 is 0 Å². The number of thioether (sulfide) groups is 1. The summed E-state index contributed by atoms with van der Waals surface area (Å²) in [6, 6.07) is 14.3. The van der Waals surface area contributed by atoms with Crippen molar-refractivity contribution in [3.05, 3.63) is 82.9 Å². The monoisotopic (exact) mass is 434 g/mol. The number of aromatic amines is 1. The van der Waals surface area contributed by atoms with E-state index in [-0.39, 0.29) is 11.9 Å². The summed E-state index contributed by atoms with van der Waals surface area (Å²) in [5.41, 5.74) is 4.39. The highest BCUT2D eigenvalue weighted by atomic mass is 32.2. The number of carbonyl (C=O) groups is 1. The van der Waals surface area contributed by atoms with Gasteiger partial charge in [-0.05, 0) is 47.8 Å². The quantitative estimate of drug-likeness (QED) is 0.437. The van der Waals surface area contributed by atoms with Crippen LogP contribution in [0, 0.1) is 5.92 Å². The SMILES string of the molecule is CC(C)CSCc1c(O[C@@H](Cc2ncc[nH]2)c2ccccc2)ccc2c1CCCC2=O. The van der Waals surface area contributed by atoms with Crippen molar-refractivity contribution < 1.29 is 9.53 Å². The van der Waals surface area contributed by atoms with Gasteiger partial charge < -0.3 is 9.72 Å². The molecule has 1 heterocycles. The first kappa shape index (κ1) is 21.7. The van der Waals surface area contributed by atoms with Gasteiger partial charge in [0.1, 0.15) is 17.7 Å². The molecular weight excluding hydrogens is 404 g/mol. The van der Waals surface area contributed by atoms with Crippen LogP contribution in [0.1, 0.15) is 65.7 Å². The highest BCUT2D eigenvalue weighted by Crippen LogP contribution is 2.36. The van der Waals surface area contributed by atoms with E-state index in [4.69, 9.17) is 4.74 Å². The summed E-state index contributed by atoms with van der Waals surface area (Å²) in [5.74, 6) is 4.64. The van der Waals surface area contributed by atoms with E-state index >= 15 is 0 Å². The lowest BCUT2D eigenvalue weighted by Gasteiger charge is -2.25. The highest BCUT2D eigenvalue weighted by Gasteiger charge is 2.24. The zero-order valence-corrected chi connectivity index (χ0v) is 19.1. The molecule has 162 valence electrons. The molecule has 0 saturated heterocycles. The van der Waals surface area contributed by atoms with Crippen LogP contribution in [0.3, 0.4) is 0 Å². The standard InChI is InChI=1S/C26H30N2O2S/c1-18(2)16-31-17-22-20-9-6-10-23(29)21(20)11-12-24(22)30-25(15-26-27-13-14-28-26)19-7-4-3-5-8-19/h3-5,7-8,11-14,18,25H,6,9-10,15-17H2,1-2H3,(H,27,28)/t25-/m0/s1. The van der Waals surface area contributed by atoms with E-state index in [0.29, 0.717) is 18.8 Å². The Morgan fingerprint density at radius 1 is 1.13 bits per heavy atom. The van der Waals surface area contributed by atoms with Crippen LogP contribution >= 0.6 is 11.8 Å². The van der Waals surface area contributed by atoms with Gasteiger partial charge in [-0.1, -0.05) is 44.2 Å². The number of benzene rings is 2. The third-order valence-corrected chi connectivity index (χ3v) is 6.99. The predicted molar refractivity (Wildman–Crippen MR) is 127 cm³/mol. The maximum Gasteiger partial charge on any atom is 0.163 e. The fourth-order valence-electron chi connectivity index (χ4n) is 4.08. The van der Waals surface area contributed by atoms with E-state index in [1.165, 1.54) is 11.1 Å². The zero-order chi connectivity index (χ0) is 21.6. The van der Waals surface area contributed by atoms with Crippen LogP contribution in [-0.4, -0.2) is 21.5 Å². The first-order valence-electron chi connectivity index (χ1n) is 11.1. The molecule has 1 aliphatic carbocycles. The number of carbonyl (C=O) groups excluding carboxylic acids is 1. The van der Waals surface area contributed by atoms with Gasteiger partial charge in [-0.15, -0.1) is 0 Å². The second kappa shape index (κ2) is 10.2. The topological polar surface area (TPSA) is 55.0 Å². The molecule has 1 aromatic heterocycles. The number of ether oxygens (including phenoxy) is 1. The summed E-state index contributed by atoms with van der Waals surface area (Å²) < 4.78 is 6.68. The third kappa shape index (κ3) is 5.40. The molecular formula is C26H30N2O2S. The Morgan fingerprint density at radius 2 is 1.97 bits per heavy atom. The predicted octanol–water partition coefficient (Wildman–Crippen LogP) is 6.18. The fraction of sp³-hybridized carbons (Fsp3) is 0.385. The average Bonchev–Trinajstić information content (AvgIpc) is 3.28. The lowest BCUT2D eigenvalue weighted by atomic mass is 9.87. The van der Waals surface area contributed by atoms with E-state index in [9.17, 15) is 4.79 Å². The van der Waals surface area contributed by atoms with Crippen molar-refractivity contribution in [1.82, 2.24) is 9.97 Å². The first-order chi connectivity index (χ1) is 15.1. The molecule has 0 bridgehead atoms. The second-order valence-electron chi connectivity index (χ2n) is 8.51. The van der Waals surface area contributed by atoms with Crippen molar-refractivity contribution in [2.24, 2.45) is 5.92 Å². The summed E-state index contributed by atoms with van der Waals surface area (Å²) in [4.78, 5) is 20.1. The van der Waals surface area contributed by atoms with Gasteiger partial charge in [0.15, 0.2) is 5.78 Å². The molecule has 0 amide bonds. The van der Waals surface area contributed by atoms with Crippen molar-refractivity contribution in [3.8, 4) is 5.75 Å². The Labute approximate surface area is 188 Å². The highest BCUT2D eigenvalue weighted by molar-refractivity contribution is 7.98. The maximum absolute atomic E-state index is 12.5. The number of hydrogen-bond donors (Lipinski definition) is 1. The van der Waals surface area contributed by atoms with Crippen molar-refractivity contribution in [1.29, 1.82) is 0 Å². The molecule has 0 spiro atoms. The van der Waals surface area contributed by atoms with Crippen molar-refractivity contribution in [2.75, 3.05) is 5.75 Å². The number of H-pyrrole nitrogens is 1. The minimum atomic E-state index is -0.154. The number of hydrogen-bond acceptors (Lipinski definition) is 4. The Hall–Kier alpha value is -2.53. The van der Waals surface area contributed by atoms with E-state index in [2.05, 4.69) is 35.9 Å². The smallest absolute Gasteiger partial charge is 0.163 e. The number of fused-ring (bicyclic) bond motifs is 1. The maximum atomic E-state index is 12.5. The molecule has 1 aliphatic rings. The number of rotatable bonds is 9. The molecule has 4 nitrogen and oxygen atoms in total. The van der Waals surface area contributed by atoms with Crippen molar-refractivity contribution >= 4 is 17.5 Å². The molecule has 5 heteroatoms. The lowest BCUT2D eigenvalue weighted by molar-refractivity contribution is 0.0972. The Balaban J connectivity index is 1.67. The van der Waals surface area contributed by atoms with E-state index in [1.54, 1.807) is 6.20 Å². The first-order valence-corrected chi connectivity index (χ1v) is 12.2. The van der Waals surface area contributed by atoms with Gasteiger partial charge in [0.2, 0.25) is 0 Å². The van der Waals surface area contributed by atoms with Gasteiger partial charge in [0.05, 0.1) is 0 Å². The number of ketones is 1. The van der Waals surface area contributed by atoms with Crippen LogP contribution in [0.2, 0.25) is 0 Å². The molecule has 1 N–H and O–H groups in total. The van der Waals surface area contributed by atoms with Gasteiger partial charge in [-0.25, -0.2) is 4.98 Å². The number of nitrogens with one attached hydrogen (secondary N) is 1. The average molecular weight is 435 g/mol. The van der Waals surface area contributed by atoms with Crippen LogP contribution in [0.25, 0.3) is 0 Å². The minimum Gasteiger partial charge on any atom is -0.485 e. The van der Waals surface area contributed by atoms with Crippen molar-refractivity contribution in [2.45, 2.75) is 51.4 Å². The largest absolute Gasteiger partial charge is 0.485 e. The molecule has 0 radical (unpaired) electrons. The summed E-state index contributed by atoms with van der Waals surface area (Å²) >= 11 is 1.92. The van der Waals surface area contributed by atoms with Gasteiger partial charge in [0, 0.05) is 42.1 Å².